The maximum absolute atomic E-state index is 2.77. The molecule has 10 rings (SSSR count). The van der Waals surface area contributed by atoms with Crippen LogP contribution in [0.4, 0.5) is 0 Å². The Balaban J connectivity index is 0.00000171. The molecule has 0 heterocycles. The molecule has 0 N–H and O–H groups in total. The minimum Gasteiger partial charge on any atom is -1.00 e. The molecule has 0 spiro atoms. The first kappa shape index (κ1) is 42.5. The van der Waals surface area contributed by atoms with Crippen molar-refractivity contribution in [2.75, 3.05) is 0 Å². The monoisotopic (exact) mass is 873 g/mol. The van der Waals surface area contributed by atoms with E-state index in [-0.39, 0.29) is 88.9 Å². The van der Waals surface area contributed by atoms with Crippen molar-refractivity contribution in [2.24, 2.45) is 37.9 Å². The quantitative estimate of drug-likeness (QED) is 0.182. The maximum atomic E-state index is 2.77. The van der Waals surface area contributed by atoms with Gasteiger partial charge in [-0.15, -0.1) is 0 Å². The molecule has 7 unspecified atom stereocenters. The Morgan fingerprint density at radius 3 is 1.57 bits per heavy atom. The molecular formula is C55H53Cl2Zr. The van der Waals surface area contributed by atoms with Crippen molar-refractivity contribution in [1.29, 1.82) is 0 Å². The van der Waals surface area contributed by atoms with Crippen molar-refractivity contribution in [3.63, 3.8) is 0 Å². The fraction of sp³-hybridized carbons (Fsp3) is 0.291. The fourth-order valence-corrected chi connectivity index (χ4v) is 13.5. The van der Waals surface area contributed by atoms with Gasteiger partial charge in [0.2, 0.25) is 0 Å². The maximum Gasteiger partial charge on any atom is 3.00 e. The van der Waals surface area contributed by atoms with E-state index in [1.54, 1.807) is 0 Å². The summed E-state index contributed by atoms with van der Waals surface area (Å²) in [6.07, 6.45) is 33.0. The molecule has 6 aliphatic carbocycles. The van der Waals surface area contributed by atoms with Crippen molar-refractivity contribution < 1.29 is 51.0 Å². The van der Waals surface area contributed by atoms with E-state index in [9.17, 15) is 0 Å². The van der Waals surface area contributed by atoms with Crippen LogP contribution in [-0.4, -0.2) is 0 Å². The first-order chi connectivity index (χ1) is 26.3. The van der Waals surface area contributed by atoms with Crippen molar-refractivity contribution in [1.82, 2.24) is 0 Å². The Labute approximate surface area is 378 Å². The second-order valence-electron chi connectivity index (χ2n) is 18.7. The Morgan fingerprint density at radius 1 is 0.569 bits per heavy atom. The van der Waals surface area contributed by atoms with E-state index in [1.165, 1.54) is 66.1 Å². The largest absolute Gasteiger partial charge is 3.00 e. The van der Waals surface area contributed by atoms with E-state index in [0.717, 1.165) is 6.42 Å². The topological polar surface area (TPSA) is 0 Å². The number of hydrogen-bond donors (Lipinski definition) is 0. The molecule has 3 heteroatoms. The van der Waals surface area contributed by atoms with Gasteiger partial charge in [-0.2, -0.15) is 6.08 Å². The number of allylic oxidation sites excluding steroid dienone is 17. The molecule has 0 saturated heterocycles. The van der Waals surface area contributed by atoms with Gasteiger partial charge in [0, 0.05) is 16.2 Å². The van der Waals surface area contributed by atoms with Gasteiger partial charge < -0.3 is 24.8 Å². The van der Waals surface area contributed by atoms with Crippen molar-refractivity contribution >= 4 is 27.1 Å². The van der Waals surface area contributed by atoms with Crippen LogP contribution in [-0.2, 0) is 26.2 Å². The van der Waals surface area contributed by atoms with E-state index in [4.69, 9.17) is 0 Å². The second-order valence-corrected chi connectivity index (χ2v) is 18.7. The predicted octanol–water partition coefficient (Wildman–Crippen LogP) is 8.47. The van der Waals surface area contributed by atoms with Crippen molar-refractivity contribution in [3.05, 3.63) is 203 Å². The zero-order valence-electron chi connectivity index (χ0n) is 35.1. The summed E-state index contributed by atoms with van der Waals surface area (Å²) in [7, 11) is 0. The summed E-state index contributed by atoms with van der Waals surface area (Å²) in [5.41, 5.74) is 9.69. The van der Waals surface area contributed by atoms with Crippen LogP contribution < -0.4 is 24.8 Å². The van der Waals surface area contributed by atoms with Gasteiger partial charge in [-0.25, -0.2) is 12.0 Å². The SMILES string of the molecule is CC1=C(C2=CC=CC2)C(=C(c2ccc3ccccc3c2)c2ccc3ccccc3c2)C=C2[CH-]C3(C)C4(C)C=CC=CC4(C)C4(C)C=CC=CC4(C)C3(C)C21C.[Cl-].[Cl-].[Zr+3]. The van der Waals surface area contributed by atoms with E-state index in [2.05, 4.69) is 220 Å². The molecule has 0 aromatic heterocycles. The normalized spacial score (nSPS) is 34.8. The Hall–Kier alpha value is -3.61. The molecule has 0 amide bonds. The van der Waals surface area contributed by atoms with Crippen molar-refractivity contribution in [2.45, 2.75) is 61.8 Å². The van der Waals surface area contributed by atoms with Crippen molar-refractivity contribution in [3.8, 4) is 0 Å². The van der Waals surface area contributed by atoms with Gasteiger partial charge in [0.05, 0.1) is 0 Å². The zero-order chi connectivity index (χ0) is 38.2. The molecule has 4 aromatic carbocycles. The minimum atomic E-state index is -0.257. The predicted molar refractivity (Wildman–Crippen MR) is 234 cm³/mol. The van der Waals surface area contributed by atoms with Gasteiger partial charge >= 0.3 is 26.2 Å². The first-order valence-corrected chi connectivity index (χ1v) is 20.4. The zero-order valence-corrected chi connectivity index (χ0v) is 39.0. The Bertz CT molecular complexity index is 2600. The second kappa shape index (κ2) is 14.0. The van der Waals surface area contributed by atoms with E-state index in [1.807, 2.05) is 0 Å². The molecule has 291 valence electrons. The van der Waals surface area contributed by atoms with Crippen LogP contribution in [0.15, 0.2) is 186 Å². The summed E-state index contributed by atoms with van der Waals surface area (Å²) in [5.74, 6) is 0. The molecule has 0 nitrogen and oxygen atoms in total. The van der Waals surface area contributed by atoms with Gasteiger partial charge in [-0.05, 0) is 91.1 Å². The van der Waals surface area contributed by atoms with Gasteiger partial charge in [-0.1, -0.05) is 205 Å². The van der Waals surface area contributed by atoms with E-state index < -0.39 is 0 Å². The third kappa shape index (κ3) is 4.82. The number of fused-ring (bicyclic) bond motifs is 10. The number of rotatable bonds is 3. The number of halogens is 2. The molecule has 2 saturated carbocycles. The fourth-order valence-electron chi connectivity index (χ4n) is 13.5. The van der Waals surface area contributed by atoms with Gasteiger partial charge in [0.1, 0.15) is 0 Å². The average Bonchev–Trinajstić information content (AvgIpc) is 3.79. The van der Waals surface area contributed by atoms with Crippen LogP contribution in [0.5, 0.6) is 0 Å². The van der Waals surface area contributed by atoms with Gasteiger partial charge in [-0.3, -0.25) is 0 Å². The Morgan fingerprint density at radius 2 is 1.05 bits per heavy atom. The summed E-state index contributed by atoms with van der Waals surface area (Å²) >= 11 is 0. The summed E-state index contributed by atoms with van der Waals surface area (Å²) in [5, 5.41) is 5.07. The molecule has 0 bridgehead atoms. The summed E-state index contributed by atoms with van der Waals surface area (Å²) in [6, 6.07) is 31.8. The molecule has 4 aromatic rings. The molecule has 7 atom stereocenters. The Kier molecular flexibility index (Phi) is 10.2. The average molecular weight is 876 g/mol. The molecule has 0 aliphatic heterocycles. The van der Waals surface area contributed by atoms with Crippen LogP contribution in [0.1, 0.15) is 72.9 Å². The van der Waals surface area contributed by atoms with Crippen LogP contribution in [0, 0.1) is 44.3 Å². The van der Waals surface area contributed by atoms with Gasteiger partial charge in [0.25, 0.3) is 0 Å². The van der Waals surface area contributed by atoms with E-state index >= 15 is 0 Å². The number of hydrogen-bond acceptors (Lipinski definition) is 0. The first-order valence-electron chi connectivity index (χ1n) is 20.4. The van der Waals surface area contributed by atoms with Crippen LogP contribution >= 0.6 is 0 Å². The van der Waals surface area contributed by atoms with E-state index in [0.29, 0.717) is 0 Å². The third-order valence-corrected chi connectivity index (χ3v) is 17.5. The van der Waals surface area contributed by atoms with Crippen LogP contribution in [0.25, 0.3) is 27.1 Å². The molecule has 58 heavy (non-hydrogen) atoms. The standard InChI is InChI=1S/C55H53.2ClH.Zr/c1-37-47(40-21-11-12-22-40)46(48(43-27-25-38-19-9-13-23-41(38)33-43)44-28-26-39-20-10-14-24-42(39)34-44)35-45-36-53(6)51(4)31-16-15-29-49(51,2)50(3)30-17-18-32-52(50,5)55(53,8)54(37,45)7;;;/h9-21,23-36H,22H2,1-8H3;2*1H;/q-1;;;+3/p-2. The van der Waals surface area contributed by atoms with Crippen LogP contribution in [0.3, 0.4) is 0 Å². The van der Waals surface area contributed by atoms with Crippen LogP contribution in [0.2, 0.25) is 0 Å². The number of benzene rings is 4. The molecule has 2 fully saturated rings. The smallest absolute Gasteiger partial charge is 1.00 e. The third-order valence-electron chi connectivity index (χ3n) is 17.5. The minimum absolute atomic E-state index is 0. The van der Waals surface area contributed by atoms with Gasteiger partial charge in [0.15, 0.2) is 0 Å². The summed E-state index contributed by atoms with van der Waals surface area (Å²) in [6.45, 7) is 20.7. The molecular weight excluding hydrogens is 823 g/mol. The molecule has 6 aliphatic rings. The summed E-state index contributed by atoms with van der Waals surface area (Å²) in [4.78, 5) is 0. The molecule has 1 radical (unpaired) electrons. The summed E-state index contributed by atoms with van der Waals surface area (Å²) < 4.78 is 0.